The highest BCUT2D eigenvalue weighted by Crippen LogP contribution is 2.41. The van der Waals surface area contributed by atoms with Crippen molar-refractivity contribution in [3.63, 3.8) is 0 Å². The lowest BCUT2D eigenvalue weighted by Crippen LogP contribution is -2.29. The van der Waals surface area contributed by atoms with E-state index in [0.29, 0.717) is 22.6 Å². The molecule has 0 N–H and O–H groups in total. The van der Waals surface area contributed by atoms with E-state index in [1.54, 1.807) is 24.3 Å². The Labute approximate surface area is 153 Å². The maximum Gasteiger partial charge on any atom is 0.436 e. The summed E-state index contributed by atoms with van der Waals surface area (Å²) in [6.45, 7) is 4.95. The number of amides is 1. The lowest BCUT2D eigenvalue weighted by molar-refractivity contribution is -0.140. The van der Waals surface area contributed by atoms with Crippen molar-refractivity contribution in [3.05, 3.63) is 46.1 Å². The van der Waals surface area contributed by atoms with E-state index in [-0.39, 0.29) is 17.5 Å². The lowest BCUT2D eigenvalue weighted by atomic mass is 10.1. The number of nitrogens with zero attached hydrogens (tertiary/aromatic N) is 3. The number of carbonyl (C=O) groups excluding carboxylic acids is 1. The monoisotopic (exact) mass is 381 g/mol. The average Bonchev–Trinajstić information content (AvgIpc) is 2.95. The summed E-state index contributed by atoms with van der Waals surface area (Å²) in [6.07, 6.45) is -4.24. The molecular formula is C18H18F3N3OS. The van der Waals surface area contributed by atoms with Crippen LogP contribution in [-0.2, 0) is 23.9 Å². The second-order valence-corrected chi connectivity index (χ2v) is 7.34. The van der Waals surface area contributed by atoms with Gasteiger partial charge in [0.15, 0.2) is 5.69 Å². The third kappa shape index (κ3) is 4.82. The molecule has 0 atom stereocenters. The second-order valence-electron chi connectivity index (χ2n) is 6.27. The number of nitriles is 1. The first-order valence-corrected chi connectivity index (χ1v) is 8.77. The number of rotatable bonds is 5. The number of anilines is 1. The first-order valence-electron chi connectivity index (χ1n) is 7.96. The normalized spacial score (nSPS) is 11.5. The molecule has 0 saturated heterocycles. The number of hydrogen-bond donors (Lipinski definition) is 0. The molecule has 1 aromatic carbocycles. The van der Waals surface area contributed by atoms with Gasteiger partial charge in [0.2, 0.25) is 5.91 Å². The summed E-state index contributed by atoms with van der Waals surface area (Å²) in [6, 6.07) is 8.43. The van der Waals surface area contributed by atoms with Crippen molar-refractivity contribution in [1.82, 2.24) is 4.98 Å². The van der Waals surface area contributed by atoms with Crippen molar-refractivity contribution in [3.8, 4) is 6.07 Å². The fraction of sp³-hybridized carbons (Fsp3) is 0.389. The van der Waals surface area contributed by atoms with Crippen LogP contribution in [0.5, 0.6) is 0 Å². The molecule has 0 bridgehead atoms. The van der Waals surface area contributed by atoms with Gasteiger partial charge in [-0.1, -0.05) is 26.0 Å². The Hall–Kier alpha value is -2.40. The van der Waals surface area contributed by atoms with E-state index >= 15 is 0 Å². The van der Waals surface area contributed by atoms with E-state index in [9.17, 15) is 18.0 Å². The van der Waals surface area contributed by atoms with E-state index in [0.717, 1.165) is 16.2 Å². The maximum atomic E-state index is 13.4. The Morgan fingerprint density at radius 2 is 2.08 bits per heavy atom. The van der Waals surface area contributed by atoms with Crippen molar-refractivity contribution < 1.29 is 18.0 Å². The van der Waals surface area contributed by atoms with E-state index in [1.165, 1.54) is 6.92 Å². The number of alkyl halides is 3. The summed E-state index contributed by atoms with van der Waals surface area (Å²) < 4.78 is 40.3. The number of carbonyl (C=O) groups is 1. The largest absolute Gasteiger partial charge is 0.436 e. The van der Waals surface area contributed by atoms with Gasteiger partial charge in [-0.05, 0) is 23.6 Å². The number of hydrogen-bond acceptors (Lipinski definition) is 4. The summed E-state index contributed by atoms with van der Waals surface area (Å²) in [5, 5.41) is 9.11. The van der Waals surface area contributed by atoms with E-state index in [4.69, 9.17) is 5.26 Å². The molecule has 0 radical (unpaired) electrons. The molecule has 0 aliphatic carbocycles. The van der Waals surface area contributed by atoms with Gasteiger partial charge in [-0.3, -0.25) is 9.69 Å². The van der Waals surface area contributed by atoms with Gasteiger partial charge in [0, 0.05) is 13.3 Å². The third-order valence-corrected chi connectivity index (χ3v) is 4.63. The first kappa shape index (κ1) is 19.9. The molecule has 0 aliphatic heterocycles. The zero-order valence-electron chi connectivity index (χ0n) is 14.6. The number of halogens is 3. The minimum absolute atomic E-state index is 0.0583. The molecule has 4 nitrogen and oxygen atoms in total. The van der Waals surface area contributed by atoms with Crippen LogP contribution < -0.4 is 4.90 Å². The zero-order chi connectivity index (χ0) is 19.5. The van der Waals surface area contributed by atoms with Crippen molar-refractivity contribution in [2.75, 3.05) is 4.90 Å². The molecule has 0 unspecified atom stereocenters. The van der Waals surface area contributed by atoms with E-state index in [2.05, 4.69) is 4.98 Å². The van der Waals surface area contributed by atoms with Crippen LogP contribution in [0.25, 0.3) is 0 Å². The first-order chi connectivity index (χ1) is 12.1. The summed E-state index contributed by atoms with van der Waals surface area (Å²) in [5.41, 5.74) is -0.0807. The minimum Gasteiger partial charge on any atom is -0.298 e. The van der Waals surface area contributed by atoms with Crippen LogP contribution in [0, 0.1) is 17.2 Å². The molecule has 8 heteroatoms. The standard InChI is InChI=1S/C18H18F3N3OS/c1-11(2)7-15-23-16(18(19,20)21)17(26-15)24(12(3)25)10-14-6-4-5-13(8-14)9-22/h4-6,8,11H,7,10H2,1-3H3. The molecule has 1 aromatic heterocycles. The fourth-order valence-electron chi connectivity index (χ4n) is 2.41. The fourth-order valence-corrected chi connectivity index (χ4v) is 3.75. The molecule has 0 spiro atoms. The smallest absolute Gasteiger partial charge is 0.298 e. The Balaban J connectivity index is 2.47. The van der Waals surface area contributed by atoms with Gasteiger partial charge in [0.05, 0.1) is 23.2 Å². The third-order valence-electron chi connectivity index (χ3n) is 3.53. The lowest BCUT2D eigenvalue weighted by Gasteiger charge is -2.21. The maximum absolute atomic E-state index is 13.4. The van der Waals surface area contributed by atoms with Gasteiger partial charge in [0.25, 0.3) is 0 Å². The van der Waals surface area contributed by atoms with Gasteiger partial charge < -0.3 is 0 Å². The molecule has 0 saturated carbocycles. The van der Waals surface area contributed by atoms with Gasteiger partial charge >= 0.3 is 6.18 Å². The summed E-state index contributed by atoms with van der Waals surface area (Å²) in [4.78, 5) is 16.9. The predicted octanol–water partition coefficient (Wildman–Crippen LogP) is 4.79. The molecule has 138 valence electrons. The number of thiazole rings is 1. The summed E-state index contributed by atoms with van der Waals surface area (Å²) >= 11 is 0.889. The van der Waals surface area contributed by atoms with Crippen LogP contribution >= 0.6 is 11.3 Å². The highest BCUT2D eigenvalue weighted by molar-refractivity contribution is 7.16. The van der Waals surface area contributed by atoms with Gasteiger partial charge in [-0.15, -0.1) is 11.3 Å². The quantitative estimate of drug-likeness (QED) is 0.749. The van der Waals surface area contributed by atoms with Crippen LogP contribution in [0.1, 0.15) is 42.6 Å². The molecule has 1 amide bonds. The number of benzene rings is 1. The van der Waals surface area contributed by atoms with Crippen LogP contribution in [-0.4, -0.2) is 10.9 Å². The molecule has 26 heavy (non-hydrogen) atoms. The Bertz CT molecular complexity index is 837. The highest BCUT2D eigenvalue weighted by Gasteiger charge is 2.40. The SMILES string of the molecule is CC(=O)N(Cc1cccc(C#N)c1)c1sc(CC(C)C)nc1C(F)(F)F. The second kappa shape index (κ2) is 7.87. The van der Waals surface area contributed by atoms with Crippen LogP contribution in [0.3, 0.4) is 0 Å². The summed E-state index contributed by atoms with van der Waals surface area (Å²) in [7, 11) is 0. The highest BCUT2D eigenvalue weighted by atomic mass is 32.1. The van der Waals surface area contributed by atoms with Crippen LogP contribution in [0.15, 0.2) is 24.3 Å². The molecule has 2 aromatic rings. The molecule has 2 rings (SSSR count). The Kier molecular flexibility index (Phi) is 6.03. The summed E-state index contributed by atoms with van der Waals surface area (Å²) in [5.74, 6) is -0.370. The van der Waals surface area contributed by atoms with Crippen LogP contribution in [0.2, 0.25) is 0 Å². The van der Waals surface area contributed by atoms with Crippen molar-refractivity contribution >= 4 is 22.2 Å². The van der Waals surface area contributed by atoms with Crippen molar-refractivity contribution in [2.24, 2.45) is 5.92 Å². The molecule has 0 aliphatic rings. The van der Waals surface area contributed by atoms with Crippen molar-refractivity contribution in [2.45, 2.75) is 39.9 Å². The van der Waals surface area contributed by atoms with Crippen LogP contribution in [0.4, 0.5) is 18.2 Å². The number of aromatic nitrogens is 1. The minimum atomic E-state index is -4.65. The average molecular weight is 381 g/mol. The molecule has 0 fully saturated rings. The van der Waals surface area contributed by atoms with Gasteiger partial charge in [-0.2, -0.15) is 18.4 Å². The van der Waals surface area contributed by atoms with Gasteiger partial charge in [0.1, 0.15) is 5.00 Å². The van der Waals surface area contributed by atoms with Crippen molar-refractivity contribution in [1.29, 1.82) is 5.26 Å². The topological polar surface area (TPSA) is 57.0 Å². The Morgan fingerprint density at radius 1 is 1.38 bits per heavy atom. The molecular weight excluding hydrogens is 363 g/mol. The molecule has 1 heterocycles. The Morgan fingerprint density at radius 3 is 2.62 bits per heavy atom. The van der Waals surface area contributed by atoms with E-state index < -0.39 is 17.8 Å². The van der Waals surface area contributed by atoms with Gasteiger partial charge in [-0.25, -0.2) is 4.98 Å². The predicted molar refractivity (Wildman–Crippen MR) is 93.7 cm³/mol. The zero-order valence-corrected chi connectivity index (χ0v) is 15.4. The van der Waals surface area contributed by atoms with E-state index in [1.807, 2.05) is 19.9 Å².